The molecule has 3 rings (SSSR count). The Bertz CT molecular complexity index is 940. The molecule has 1 N–H and O–H groups in total. The van der Waals surface area contributed by atoms with Gasteiger partial charge >= 0.3 is 13.2 Å². The molecule has 3 aromatic rings. The number of ether oxygens (including phenoxy) is 4. The van der Waals surface area contributed by atoms with E-state index in [0.717, 1.165) is 12.1 Å². The van der Waals surface area contributed by atoms with Crippen molar-refractivity contribution in [2.24, 2.45) is 0 Å². The number of hydrogen-bond donors (Lipinski definition) is 1. The molecule has 0 fully saturated rings. The fourth-order valence-corrected chi connectivity index (χ4v) is 3.35. The van der Waals surface area contributed by atoms with Gasteiger partial charge in [-0.2, -0.15) is 17.6 Å². The third-order valence-electron chi connectivity index (χ3n) is 3.67. The average molecular weight is 433 g/mol. The zero-order valence-corrected chi connectivity index (χ0v) is 15.9. The molecule has 2 heterocycles. The number of nitrogens with one attached hydrogen (secondary N) is 1. The number of benzene rings is 1. The molecule has 0 radical (unpaired) electrons. The third-order valence-corrected chi connectivity index (χ3v) is 4.55. The maximum atomic E-state index is 12.6. The molecule has 0 spiro atoms. The van der Waals surface area contributed by atoms with Crippen LogP contribution in [-0.4, -0.2) is 42.4 Å². The van der Waals surface area contributed by atoms with Crippen LogP contribution < -0.4 is 18.9 Å². The Labute approximate surface area is 166 Å². The predicted molar refractivity (Wildman–Crippen MR) is 96.3 cm³/mol. The van der Waals surface area contributed by atoms with E-state index < -0.39 is 24.7 Å². The van der Waals surface area contributed by atoms with Gasteiger partial charge in [-0.25, -0.2) is 4.98 Å². The number of imidazole rings is 1. The summed E-state index contributed by atoms with van der Waals surface area (Å²) in [5, 5.41) is 0.406. The van der Waals surface area contributed by atoms with Crippen LogP contribution in [0.5, 0.6) is 23.0 Å². The first-order valence-corrected chi connectivity index (χ1v) is 9.01. The number of nitrogens with zero attached hydrogens (tertiary/aromatic N) is 2. The summed E-state index contributed by atoms with van der Waals surface area (Å²) >= 11 is 1.24. The minimum atomic E-state index is -3.20. The number of alkyl halides is 4. The number of halogens is 4. The van der Waals surface area contributed by atoms with Crippen molar-refractivity contribution in [3.05, 3.63) is 30.1 Å². The van der Waals surface area contributed by atoms with Gasteiger partial charge in [0.1, 0.15) is 0 Å². The first kappa shape index (κ1) is 20.8. The Hall–Kier alpha value is -2.89. The van der Waals surface area contributed by atoms with Crippen molar-refractivity contribution in [2.45, 2.75) is 24.1 Å². The lowest BCUT2D eigenvalue weighted by Crippen LogP contribution is -2.07. The van der Waals surface area contributed by atoms with E-state index in [4.69, 9.17) is 9.47 Å². The second-order valence-electron chi connectivity index (χ2n) is 5.40. The summed E-state index contributed by atoms with van der Waals surface area (Å²) in [7, 11) is 3.00. The van der Waals surface area contributed by atoms with Crippen molar-refractivity contribution in [3.63, 3.8) is 0 Å². The van der Waals surface area contributed by atoms with Crippen molar-refractivity contribution in [3.8, 4) is 23.0 Å². The van der Waals surface area contributed by atoms with Crippen molar-refractivity contribution in [1.29, 1.82) is 0 Å². The van der Waals surface area contributed by atoms with Gasteiger partial charge in [-0.1, -0.05) is 11.8 Å². The normalized spacial score (nSPS) is 11.3. The van der Waals surface area contributed by atoms with Gasteiger partial charge in [0, 0.05) is 30.1 Å². The van der Waals surface area contributed by atoms with Gasteiger partial charge in [-0.3, -0.25) is 4.98 Å². The maximum absolute atomic E-state index is 12.6. The minimum absolute atomic E-state index is 0.246. The Balaban J connectivity index is 1.86. The molecule has 0 amide bonds. The number of methoxy groups -OCH3 is 2. The molecular formula is C17H15F4N3O4S. The average Bonchev–Trinajstić information content (AvgIpc) is 3.06. The van der Waals surface area contributed by atoms with Crippen molar-refractivity contribution < 1.29 is 36.5 Å². The highest BCUT2D eigenvalue weighted by Gasteiger charge is 2.18. The number of aromatic amines is 1. The van der Waals surface area contributed by atoms with Crippen LogP contribution in [0.3, 0.4) is 0 Å². The van der Waals surface area contributed by atoms with Gasteiger partial charge in [0.2, 0.25) is 0 Å². The molecule has 0 saturated carbocycles. The fraction of sp³-hybridized carbons (Fsp3) is 0.294. The molecular weight excluding hydrogens is 418 g/mol. The molecule has 0 unspecified atom stereocenters. The smallest absolute Gasteiger partial charge is 0.387 e. The summed E-state index contributed by atoms with van der Waals surface area (Å²) in [6.45, 7) is -6.40. The number of aromatic nitrogens is 3. The lowest BCUT2D eigenvalue weighted by atomic mass is 10.3. The molecule has 0 saturated heterocycles. The lowest BCUT2D eigenvalue weighted by Gasteiger charge is -2.11. The highest BCUT2D eigenvalue weighted by atomic mass is 32.2. The van der Waals surface area contributed by atoms with Crippen LogP contribution in [0.2, 0.25) is 0 Å². The Morgan fingerprint density at radius 1 is 1.00 bits per heavy atom. The van der Waals surface area contributed by atoms with E-state index in [2.05, 4.69) is 24.4 Å². The van der Waals surface area contributed by atoms with Crippen LogP contribution in [-0.2, 0) is 5.75 Å². The summed E-state index contributed by atoms with van der Waals surface area (Å²) in [5.74, 6) is 0.279. The van der Waals surface area contributed by atoms with E-state index in [0.29, 0.717) is 33.6 Å². The largest absolute Gasteiger partial charge is 0.493 e. The Morgan fingerprint density at radius 3 is 2.31 bits per heavy atom. The van der Waals surface area contributed by atoms with Gasteiger partial charge in [0.15, 0.2) is 28.2 Å². The molecule has 29 heavy (non-hydrogen) atoms. The summed E-state index contributed by atoms with van der Waals surface area (Å²) in [4.78, 5) is 11.4. The first-order chi connectivity index (χ1) is 13.9. The van der Waals surface area contributed by atoms with Crippen molar-refractivity contribution in [1.82, 2.24) is 15.0 Å². The number of pyridine rings is 1. The van der Waals surface area contributed by atoms with E-state index in [9.17, 15) is 17.6 Å². The number of thioether (sulfide) groups is 1. The van der Waals surface area contributed by atoms with Crippen LogP contribution in [0.1, 0.15) is 5.69 Å². The van der Waals surface area contributed by atoms with Crippen molar-refractivity contribution in [2.75, 3.05) is 14.2 Å². The molecule has 0 bridgehead atoms. The lowest BCUT2D eigenvalue weighted by molar-refractivity contribution is -0.0690. The summed E-state index contributed by atoms with van der Waals surface area (Å²) < 4.78 is 69.3. The van der Waals surface area contributed by atoms with E-state index in [1.54, 1.807) is 12.3 Å². The number of hydrogen-bond acceptors (Lipinski definition) is 7. The summed E-state index contributed by atoms with van der Waals surface area (Å²) in [6, 6.07) is 3.88. The maximum Gasteiger partial charge on any atom is 0.387 e. The van der Waals surface area contributed by atoms with Gasteiger partial charge in [0.25, 0.3) is 0 Å². The number of rotatable bonds is 9. The van der Waals surface area contributed by atoms with Crippen LogP contribution >= 0.6 is 11.8 Å². The quantitative estimate of drug-likeness (QED) is 0.394. The van der Waals surface area contributed by atoms with Crippen LogP contribution in [0.25, 0.3) is 11.0 Å². The van der Waals surface area contributed by atoms with Crippen LogP contribution in [0.15, 0.2) is 29.6 Å². The van der Waals surface area contributed by atoms with E-state index >= 15 is 0 Å². The second kappa shape index (κ2) is 9.07. The van der Waals surface area contributed by atoms with Crippen LogP contribution in [0.4, 0.5) is 17.6 Å². The highest BCUT2D eigenvalue weighted by molar-refractivity contribution is 7.98. The van der Waals surface area contributed by atoms with E-state index in [1.807, 2.05) is 0 Å². The zero-order chi connectivity index (χ0) is 21.0. The molecule has 0 atom stereocenters. The Morgan fingerprint density at radius 2 is 1.69 bits per heavy atom. The van der Waals surface area contributed by atoms with Gasteiger partial charge in [-0.15, -0.1) is 0 Å². The first-order valence-electron chi connectivity index (χ1n) is 8.03. The molecule has 0 aliphatic heterocycles. The number of fused-ring (bicyclic) bond motifs is 1. The van der Waals surface area contributed by atoms with E-state index in [1.165, 1.54) is 26.0 Å². The van der Waals surface area contributed by atoms with Gasteiger partial charge < -0.3 is 23.9 Å². The van der Waals surface area contributed by atoms with E-state index in [-0.39, 0.29) is 5.52 Å². The molecule has 1 aromatic carbocycles. The Kier molecular flexibility index (Phi) is 6.52. The SMILES string of the molecule is COc1ccnc(CSc2nc3cc(OC(F)F)c(OC(F)F)cc3[nH]2)c1OC. The third kappa shape index (κ3) is 4.94. The fourth-order valence-electron chi connectivity index (χ4n) is 2.53. The summed E-state index contributed by atoms with van der Waals surface area (Å²) in [6.07, 6.45) is 1.57. The molecule has 0 aliphatic rings. The van der Waals surface area contributed by atoms with Gasteiger partial charge in [-0.05, 0) is 0 Å². The van der Waals surface area contributed by atoms with Crippen molar-refractivity contribution >= 4 is 22.8 Å². The molecule has 156 valence electrons. The zero-order valence-electron chi connectivity index (χ0n) is 15.1. The topological polar surface area (TPSA) is 78.5 Å². The standard InChI is InChI=1S/C17H15F4N3O4S/c1-25-11-3-4-22-10(14(11)26-2)7-29-17-23-8-5-12(27-15(18)19)13(28-16(20)21)6-9(8)24-17/h3-6,15-16H,7H2,1-2H3,(H,23,24). The second-order valence-corrected chi connectivity index (χ2v) is 6.36. The molecule has 7 nitrogen and oxygen atoms in total. The van der Waals surface area contributed by atoms with Gasteiger partial charge in [0.05, 0.1) is 30.9 Å². The molecule has 2 aromatic heterocycles. The van der Waals surface area contributed by atoms with Crippen LogP contribution in [0, 0.1) is 0 Å². The summed E-state index contributed by atoms with van der Waals surface area (Å²) in [5.41, 5.74) is 1.16. The minimum Gasteiger partial charge on any atom is -0.493 e. The molecule has 12 heteroatoms. The number of H-pyrrole nitrogens is 1. The predicted octanol–water partition coefficient (Wildman–Crippen LogP) is 4.47. The monoisotopic (exact) mass is 433 g/mol. The molecule has 0 aliphatic carbocycles. The highest BCUT2D eigenvalue weighted by Crippen LogP contribution is 2.36.